The minimum atomic E-state index is -0.668. The zero-order chi connectivity index (χ0) is 28.8. The van der Waals surface area contributed by atoms with E-state index in [1.54, 1.807) is 4.90 Å². The fourth-order valence-corrected chi connectivity index (χ4v) is 8.23. The number of aryl methyl sites for hydroxylation is 1. The van der Waals surface area contributed by atoms with Crippen LogP contribution in [0.5, 0.6) is 0 Å². The molecule has 5 nitrogen and oxygen atoms in total. The van der Waals surface area contributed by atoms with Crippen LogP contribution in [-0.4, -0.2) is 57.0 Å². The van der Waals surface area contributed by atoms with Crippen molar-refractivity contribution < 1.29 is 13.6 Å². The van der Waals surface area contributed by atoms with Crippen molar-refractivity contribution in [3.63, 3.8) is 0 Å². The Hall–Kier alpha value is -3.58. The SMILES string of the molecule is Cc1nc2ccccc2n1[C@H]1C[C@H]2CC[C@@H](C1)N2CCC1(c2ccccc2)CCN(C(=O)c2cc(F)ccc2F)CC1. The summed E-state index contributed by atoms with van der Waals surface area (Å²) in [5.74, 6) is -0.572. The average Bonchev–Trinajstić information content (AvgIpc) is 3.48. The Balaban J connectivity index is 1.07. The molecule has 3 saturated heterocycles. The summed E-state index contributed by atoms with van der Waals surface area (Å²) < 4.78 is 30.7. The minimum Gasteiger partial charge on any atom is -0.338 e. The molecule has 7 heteroatoms. The van der Waals surface area contributed by atoms with Crippen LogP contribution in [0.4, 0.5) is 8.78 Å². The number of nitrogens with zero attached hydrogens (tertiary/aromatic N) is 4. The number of benzene rings is 3. The van der Waals surface area contributed by atoms with E-state index < -0.39 is 17.5 Å². The number of imidazole rings is 1. The molecule has 218 valence electrons. The predicted molar refractivity (Wildman–Crippen MR) is 160 cm³/mol. The summed E-state index contributed by atoms with van der Waals surface area (Å²) >= 11 is 0. The highest BCUT2D eigenvalue weighted by Gasteiger charge is 2.44. The van der Waals surface area contributed by atoms with E-state index in [0.717, 1.165) is 68.2 Å². The van der Waals surface area contributed by atoms with Gasteiger partial charge in [0, 0.05) is 31.2 Å². The molecule has 3 aromatic carbocycles. The van der Waals surface area contributed by atoms with Crippen molar-refractivity contribution in [3.8, 4) is 0 Å². The van der Waals surface area contributed by atoms with Gasteiger partial charge in [0.2, 0.25) is 0 Å². The molecule has 3 fully saturated rings. The maximum Gasteiger partial charge on any atom is 0.256 e. The number of amides is 1. The maximum absolute atomic E-state index is 14.4. The number of halogens is 2. The van der Waals surface area contributed by atoms with Gasteiger partial charge in [0.15, 0.2) is 0 Å². The fraction of sp³-hybridized carbons (Fsp3) is 0.429. The highest BCUT2D eigenvalue weighted by molar-refractivity contribution is 5.94. The van der Waals surface area contributed by atoms with Gasteiger partial charge < -0.3 is 9.47 Å². The van der Waals surface area contributed by atoms with Crippen LogP contribution in [-0.2, 0) is 5.41 Å². The van der Waals surface area contributed by atoms with Crippen molar-refractivity contribution in [1.82, 2.24) is 19.4 Å². The number of para-hydroxylation sites is 2. The van der Waals surface area contributed by atoms with Crippen LogP contribution < -0.4 is 0 Å². The first-order valence-corrected chi connectivity index (χ1v) is 15.4. The molecule has 0 aliphatic carbocycles. The zero-order valence-corrected chi connectivity index (χ0v) is 24.2. The summed E-state index contributed by atoms with van der Waals surface area (Å²) in [7, 11) is 0. The highest BCUT2D eigenvalue weighted by atomic mass is 19.1. The molecule has 4 aromatic rings. The Kier molecular flexibility index (Phi) is 7.09. The van der Waals surface area contributed by atoms with Gasteiger partial charge in [-0.05, 0) is 99.7 Å². The fourth-order valence-electron chi connectivity index (χ4n) is 8.23. The van der Waals surface area contributed by atoms with Gasteiger partial charge in [0.05, 0.1) is 16.6 Å². The normalized spacial score (nSPS) is 23.9. The van der Waals surface area contributed by atoms with Crippen LogP contribution in [0.25, 0.3) is 11.0 Å². The average molecular weight is 569 g/mol. The second-order valence-electron chi connectivity index (χ2n) is 12.6. The standard InChI is InChI=1S/C35H38F2N4O/c1-24-38-32-9-5-6-10-33(32)41(24)29-22-27-12-13-28(23-29)40(27)20-17-35(25-7-3-2-4-8-25)15-18-39(19-16-35)34(42)30-21-26(36)11-14-31(30)37/h2-11,14,21,27-29H,12-13,15-20,22-23H2,1H3/t27-,28+,29+. The molecule has 0 N–H and O–H groups in total. The van der Waals surface area contributed by atoms with Gasteiger partial charge in [-0.1, -0.05) is 42.5 Å². The van der Waals surface area contributed by atoms with Gasteiger partial charge in [-0.2, -0.15) is 0 Å². The zero-order valence-electron chi connectivity index (χ0n) is 24.2. The van der Waals surface area contributed by atoms with Crippen molar-refractivity contribution in [2.45, 2.75) is 75.4 Å². The second-order valence-corrected chi connectivity index (χ2v) is 12.6. The lowest BCUT2D eigenvalue weighted by Gasteiger charge is -2.45. The molecule has 3 atom stereocenters. The van der Waals surface area contributed by atoms with Gasteiger partial charge in [-0.15, -0.1) is 0 Å². The smallest absolute Gasteiger partial charge is 0.256 e. The first-order valence-electron chi connectivity index (χ1n) is 15.4. The number of hydrogen-bond acceptors (Lipinski definition) is 3. The monoisotopic (exact) mass is 568 g/mol. The number of piperidine rings is 2. The van der Waals surface area contributed by atoms with Crippen LogP contribution in [0.1, 0.15) is 72.7 Å². The molecule has 3 aliphatic heterocycles. The van der Waals surface area contributed by atoms with Gasteiger partial charge in [0.25, 0.3) is 5.91 Å². The minimum absolute atomic E-state index is 0.0497. The molecule has 1 amide bonds. The van der Waals surface area contributed by atoms with E-state index in [9.17, 15) is 13.6 Å². The molecule has 4 heterocycles. The molecule has 42 heavy (non-hydrogen) atoms. The second kappa shape index (κ2) is 10.9. The first kappa shape index (κ1) is 27.3. The summed E-state index contributed by atoms with van der Waals surface area (Å²) in [5.41, 5.74) is 3.42. The van der Waals surface area contributed by atoms with Gasteiger partial charge >= 0.3 is 0 Å². The molecule has 0 unspecified atom stereocenters. The highest BCUT2D eigenvalue weighted by Crippen LogP contribution is 2.45. The molecule has 0 saturated carbocycles. The Morgan fingerprint density at radius 2 is 1.60 bits per heavy atom. The number of hydrogen-bond donors (Lipinski definition) is 0. The molecule has 1 aromatic heterocycles. The first-order chi connectivity index (χ1) is 20.4. The summed E-state index contributed by atoms with van der Waals surface area (Å²) in [4.78, 5) is 22.5. The van der Waals surface area contributed by atoms with Crippen molar-refractivity contribution in [2.24, 2.45) is 0 Å². The summed E-state index contributed by atoms with van der Waals surface area (Å²) in [6.45, 7) is 4.24. The Morgan fingerprint density at radius 3 is 2.33 bits per heavy atom. The maximum atomic E-state index is 14.4. The van der Waals surface area contributed by atoms with E-state index in [-0.39, 0.29) is 11.0 Å². The lowest BCUT2D eigenvalue weighted by Crippen LogP contribution is -2.49. The molecular formula is C35H38F2N4O. The number of aromatic nitrogens is 2. The summed E-state index contributed by atoms with van der Waals surface area (Å²) in [6, 6.07) is 23.9. The molecule has 3 aliphatic rings. The lowest BCUT2D eigenvalue weighted by molar-refractivity contribution is 0.0602. The van der Waals surface area contributed by atoms with Crippen molar-refractivity contribution in [2.75, 3.05) is 19.6 Å². The topological polar surface area (TPSA) is 41.4 Å². The quantitative estimate of drug-likeness (QED) is 0.250. The van der Waals surface area contributed by atoms with E-state index in [4.69, 9.17) is 4.98 Å². The molecule has 0 spiro atoms. The number of carbonyl (C=O) groups excluding carboxylic acids is 1. The van der Waals surface area contributed by atoms with Crippen LogP contribution in [0.3, 0.4) is 0 Å². The van der Waals surface area contributed by atoms with Crippen LogP contribution in [0, 0.1) is 18.6 Å². The molecule has 2 bridgehead atoms. The third-order valence-corrected chi connectivity index (χ3v) is 10.4. The molecule has 0 radical (unpaired) electrons. The predicted octanol–water partition coefficient (Wildman–Crippen LogP) is 7.06. The number of likely N-dealkylation sites (tertiary alicyclic amines) is 1. The third kappa shape index (κ3) is 4.81. The Labute approximate surface area is 246 Å². The lowest BCUT2D eigenvalue weighted by atomic mass is 9.70. The van der Waals surface area contributed by atoms with E-state index in [1.165, 1.54) is 23.9 Å². The Morgan fingerprint density at radius 1 is 0.905 bits per heavy atom. The van der Waals surface area contributed by atoms with Crippen LogP contribution in [0.15, 0.2) is 72.8 Å². The van der Waals surface area contributed by atoms with E-state index >= 15 is 0 Å². The number of fused-ring (bicyclic) bond motifs is 3. The third-order valence-electron chi connectivity index (χ3n) is 10.4. The Bertz CT molecular complexity index is 1580. The van der Waals surface area contributed by atoms with Gasteiger partial charge in [-0.3, -0.25) is 9.69 Å². The number of carbonyl (C=O) groups is 1. The van der Waals surface area contributed by atoms with E-state index in [2.05, 4.69) is 71.0 Å². The van der Waals surface area contributed by atoms with Gasteiger partial charge in [0.1, 0.15) is 17.5 Å². The summed E-state index contributed by atoms with van der Waals surface area (Å²) in [6.07, 6.45) is 7.43. The largest absolute Gasteiger partial charge is 0.338 e. The summed E-state index contributed by atoms with van der Waals surface area (Å²) in [5, 5.41) is 0. The van der Waals surface area contributed by atoms with Crippen LogP contribution in [0.2, 0.25) is 0 Å². The van der Waals surface area contributed by atoms with Crippen LogP contribution >= 0.6 is 0 Å². The van der Waals surface area contributed by atoms with Crippen molar-refractivity contribution in [1.29, 1.82) is 0 Å². The van der Waals surface area contributed by atoms with E-state index in [0.29, 0.717) is 31.2 Å². The van der Waals surface area contributed by atoms with Crippen molar-refractivity contribution in [3.05, 3.63) is 101 Å². The van der Waals surface area contributed by atoms with Gasteiger partial charge in [-0.25, -0.2) is 13.8 Å². The van der Waals surface area contributed by atoms with Crippen molar-refractivity contribution >= 4 is 16.9 Å². The number of rotatable bonds is 6. The van der Waals surface area contributed by atoms with E-state index in [1.807, 2.05) is 0 Å². The molecule has 7 rings (SSSR count). The molecular weight excluding hydrogens is 530 g/mol.